The molecule has 0 unspecified atom stereocenters. The SMILES string of the molecule is O=C(CCC(=O)NC1CCCCC1)N/N=C\c1cccnc1. The maximum atomic E-state index is 11.8. The molecule has 118 valence electrons. The Balaban J connectivity index is 1.62. The minimum atomic E-state index is -0.265. The van der Waals surface area contributed by atoms with Gasteiger partial charge in [-0.15, -0.1) is 0 Å². The van der Waals surface area contributed by atoms with Crippen molar-refractivity contribution in [3.8, 4) is 0 Å². The van der Waals surface area contributed by atoms with Crippen LogP contribution in [0.15, 0.2) is 29.6 Å². The maximum Gasteiger partial charge on any atom is 0.240 e. The Morgan fingerprint density at radius 3 is 2.73 bits per heavy atom. The van der Waals surface area contributed by atoms with Crippen molar-refractivity contribution in [1.82, 2.24) is 15.7 Å². The number of nitrogens with one attached hydrogen (secondary N) is 2. The van der Waals surface area contributed by atoms with E-state index in [4.69, 9.17) is 0 Å². The molecule has 0 radical (unpaired) electrons. The van der Waals surface area contributed by atoms with Gasteiger partial charge in [-0.2, -0.15) is 5.10 Å². The minimum absolute atomic E-state index is 0.0571. The van der Waals surface area contributed by atoms with Gasteiger partial charge < -0.3 is 5.32 Å². The molecule has 0 aromatic carbocycles. The number of rotatable bonds is 6. The number of carbonyl (C=O) groups excluding carboxylic acids is 2. The average molecular weight is 302 g/mol. The monoisotopic (exact) mass is 302 g/mol. The van der Waals surface area contributed by atoms with E-state index in [1.165, 1.54) is 25.5 Å². The largest absolute Gasteiger partial charge is 0.353 e. The van der Waals surface area contributed by atoms with Gasteiger partial charge in [0.1, 0.15) is 0 Å². The third kappa shape index (κ3) is 6.03. The van der Waals surface area contributed by atoms with Crippen molar-refractivity contribution in [2.24, 2.45) is 5.10 Å². The smallest absolute Gasteiger partial charge is 0.240 e. The van der Waals surface area contributed by atoms with Gasteiger partial charge in [-0.1, -0.05) is 25.3 Å². The van der Waals surface area contributed by atoms with Crippen LogP contribution in [-0.2, 0) is 9.59 Å². The van der Waals surface area contributed by atoms with Crippen LogP contribution in [0.4, 0.5) is 0 Å². The molecule has 0 spiro atoms. The van der Waals surface area contributed by atoms with Crippen LogP contribution in [0.1, 0.15) is 50.5 Å². The summed E-state index contributed by atoms with van der Waals surface area (Å²) in [5.41, 5.74) is 3.22. The zero-order valence-electron chi connectivity index (χ0n) is 12.6. The molecule has 22 heavy (non-hydrogen) atoms. The minimum Gasteiger partial charge on any atom is -0.353 e. The van der Waals surface area contributed by atoms with E-state index in [1.54, 1.807) is 18.5 Å². The van der Waals surface area contributed by atoms with Crippen molar-refractivity contribution in [2.75, 3.05) is 0 Å². The molecule has 2 amide bonds. The Labute approximate surface area is 130 Å². The second kappa shape index (κ2) is 8.92. The van der Waals surface area contributed by atoms with Crippen molar-refractivity contribution >= 4 is 18.0 Å². The fourth-order valence-electron chi connectivity index (χ4n) is 2.46. The highest BCUT2D eigenvalue weighted by Gasteiger charge is 2.15. The van der Waals surface area contributed by atoms with Gasteiger partial charge in [-0.05, 0) is 18.9 Å². The fraction of sp³-hybridized carbons (Fsp3) is 0.500. The van der Waals surface area contributed by atoms with E-state index in [1.807, 2.05) is 6.07 Å². The molecule has 1 saturated carbocycles. The van der Waals surface area contributed by atoms with E-state index in [0.29, 0.717) is 0 Å². The van der Waals surface area contributed by atoms with Gasteiger partial charge in [0, 0.05) is 36.8 Å². The summed E-state index contributed by atoms with van der Waals surface area (Å²) in [6, 6.07) is 3.91. The van der Waals surface area contributed by atoms with Crippen LogP contribution in [0, 0.1) is 0 Å². The number of carbonyl (C=O) groups is 2. The van der Waals surface area contributed by atoms with Gasteiger partial charge in [-0.25, -0.2) is 5.43 Å². The van der Waals surface area contributed by atoms with Crippen LogP contribution in [0.2, 0.25) is 0 Å². The summed E-state index contributed by atoms with van der Waals surface area (Å²) in [6.07, 6.45) is 10.9. The molecule has 1 aromatic rings. The van der Waals surface area contributed by atoms with E-state index in [0.717, 1.165) is 18.4 Å². The number of aromatic nitrogens is 1. The van der Waals surface area contributed by atoms with Gasteiger partial charge in [0.15, 0.2) is 0 Å². The molecule has 2 N–H and O–H groups in total. The first-order chi connectivity index (χ1) is 10.7. The van der Waals surface area contributed by atoms with Gasteiger partial charge in [0.25, 0.3) is 0 Å². The van der Waals surface area contributed by atoms with Crippen molar-refractivity contribution in [2.45, 2.75) is 51.0 Å². The zero-order chi connectivity index (χ0) is 15.6. The topological polar surface area (TPSA) is 83.5 Å². The Hall–Kier alpha value is -2.24. The van der Waals surface area contributed by atoms with E-state index >= 15 is 0 Å². The lowest BCUT2D eigenvalue weighted by molar-refractivity contribution is -0.126. The van der Waals surface area contributed by atoms with Gasteiger partial charge >= 0.3 is 0 Å². The Morgan fingerprint density at radius 1 is 1.23 bits per heavy atom. The average Bonchev–Trinajstić information content (AvgIpc) is 2.55. The van der Waals surface area contributed by atoms with Crippen LogP contribution >= 0.6 is 0 Å². The Kier molecular flexibility index (Phi) is 6.54. The third-order valence-corrected chi connectivity index (χ3v) is 3.64. The van der Waals surface area contributed by atoms with Gasteiger partial charge in [0.05, 0.1) is 6.21 Å². The number of amides is 2. The lowest BCUT2D eigenvalue weighted by Gasteiger charge is -2.22. The molecule has 1 aliphatic carbocycles. The predicted octanol–water partition coefficient (Wildman–Crippen LogP) is 1.76. The van der Waals surface area contributed by atoms with Crippen LogP contribution in [0.3, 0.4) is 0 Å². The molecule has 0 saturated heterocycles. The standard InChI is InChI=1S/C16H22N4O2/c21-15(19-14-6-2-1-3-7-14)8-9-16(22)20-18-12-13-5-4-10-17-11-13/h4-5,10-12,14H,1-3,6-9H2,(H,19,21)(H,20,22)/b18-12-. The van der Waals surface area contributed by atoms with Gasteiger partial charge in [0.2, 0.25) is 11.8 Å². The first-order valence-corrected chi connectivity index (χ1v) is 7.75. The summed E-state index contributed by atoms with van der Waals surface area (Å²) < 4.78 is 0. The number of nitrogens with zero attached hydrogens (tertiary/aromatic N) is 2. The normalized spacial score (nSPS) is 15.6. The second-order valence-corrected chi connectivity index (χ2v) is 5.48. The molecular weight excluding hydrogens is 280 g/mol. The lowest BCUT2D eigenvalue weighted by Crippen LogP contribution is -2.36. The predicted molar refractivity (Wildman–Crippen MR) is 84.2 cm³/mol. The molecular formula is C16H22N4O2. The molecule has 6 heteroatoms. The molecule has 0 atom stereocenters. The second-order valence-electron chi connectivity index (χ2n) is 5.48. The quantitative estimate of drug-likeness (QED) is 0.620. The Morgan fingerprint density at radius 2 is 2.00 bits per heavy atom. The molecule has 0 aliphatic heterocycles. The van der Waals surface area contributed by atoms with Crippen molar-refractivity contribution in [3.05, 3.63) is 30.1 Å². The molecule has 1 aromatic heterocycles. The maximum absolute atomic E-state index is 11.8. The van der Waals surface area contributed by atoms with E-state index < -0.39 is 0 Å². The lowest BCUT2D eigenvalue weighted by atomic mass is 9.95. The molecule has 0 bridgehead atoms. The Bertz CT molecular complexity index is 510. The summed E-state index contributed by atoms with van der Waals surface area (Å²) >= 11 is 0. The summed E-state index contributed by atoms with van der Waals surface area (Å²) in [6.45, 7) is 0. The fourth-order valence-corrected chi connectivity index (χ4v) is 2.46. The number of hydrazone groups is 1. The van der Waals surface area contributed by atoms with Crippen molar-refractivity contribution in [3.63, 3.8) is 0 Å². The number of hydrogen-bond acceptors (Lipinski definition) is 4. The third-order valence-electron chi connectivity index (χ3n) is 3.64. The highest BCUT2D eigenvalue weighted by Crippen LogP contribution is 2.17. The van der Waals surface area contributed by atoms with Crippen LogP contribution in [-0.4, -0.2) is 29.1 Å². The van der Waals surface area contributed by atoms with Crippen LogP contribution in [0.5, 0.6) is 0 Å². The van der Waals surface area contributed by atoms with E-state index in [-0.39, 0.29) is 30.7 Å². The molecule has 1 heterocycles. The van der Waals surface area contributed by atoms with Crippen LogP contribution in [0.25, 0.3) is 0 Å². The van der Waals surface area contributed by atoms with Gasteiger partial charge in [-0.3, -0.25) is 14.6 Å². The highest BCUT2D eigenvalue weighted by molar-refractivity contribution is 5.85. The number of pyridine rings is 1. The number of hydrogen-bond donors (Lipinski definition) is 2. The summed E-state index contributed by atoms with van der Waals surface area (Å²) in [7, 11) is 0. The molecule has 6 nitrogen and oxygen atoms in total. The van der Waals surface area contributed by atoms with Crippen molar-refractivity contribution in [1.29, 1.82) is 0 Å². The highest BCUT2D eigenvalue weighted by atomic mass is 16.2. The van der Waals surface area contributed by atoms with Crippen LogP contribution < -0.4 is 10.7 Å². The van der Waals surface area contributed by atoms with E-state index in [9.17, 15) is 9.59 Å². The molecule has 1 fully saturated rings. The summed E-state index contributed by atoms with van der Waals surface area (Å²) in [4.78, 5) is 27.3. The first-order valence-electron chi connectivity index (χ1n) is 7.75. The molecule has 2 rings (SSSR count). The molecule has 1 aliphatic rings. The first kappa shape index (κ1) is 16.1. The summed E-state index contributed by atoms with van der Waals surface area (Å²) in [5, 5.41) is 6.83. The summed E-state index contributed by atoms with van der Waals surface area (Å²) in [5.74, 6) is -0.322. The van der Waals surface area contributed by atoms with Crippen molar-refractivity contribution < 1.29 is 9.59 Å². The van der Waals surface area contributed by atoms with E-state index in [2.05, 4.69) is 20.8 Å². The zero-order valence-corrected chi connectivity index (χ0v) is 12.6.